The van der Waals surface area contributed by atoms with Crippen LogP contribution in [0.15, 0.2) is 48.5 Å². The summed E-state index contributed by atoms with van der Waals surface area (Å²) in [6, 6.07) is 17.1. The Morgan fingerprint density at radius 3 is 2.83 bits per heavy atom. The first-order valence-corrected chi connectivity index (χ1v) is 10.1. The standard InChI is InChI=1S/C23H27N3O3/c1-3-18(4-2)25-23(27)22-16-26(20-10-5-6-11-21(20)29-22)12-13-28-19-9-7-8-17(14-19)15-24/h5-11,14,18,22H,3-4,12-13,16H2,1-2H3,(H,25,27). The molecule has 2 aromatic carbocycles. The lowest BCUT2D eigenvalue weighted by molar-refractivity contribution is -0.128. The minimum absolute atomic E-state index is 0.0826. The molecule has 0 aromatic heterocycles. The van der Waals surface area contributed by atoms with Crippen molar-refractivity contribution in [2.75, 3.05) is 24.6 Å². The average molecular weight is 393 g/mol. The van der Waals surface area contributed by atoms with E-state index in [4.69, 9.17) is 14.7 Å². The Kier molecular flexibility index (Phi) is 6.96. The molecule has 0 saturated carbocycles. The number of rotatable bonds is 8. The van der Waals surface area contributed by atoms with Crippen LogP contribution in [0.25, 0.3) is 0 Å². The topological polar surface area (TPSA) is 74.6 Å². The van der Waals surface area contributed by atoms with Gasteiger partial charge in [0.15, 0.2) is 6.10 Å². The minimum Gasteiger partial charge on any atom is -0.492 e. The van der Waals surface area contributed by atoms with Crippen LogP contribution in [0.3, 0.4) is 0 Å². The molecule has 1 aliphatic heterocycles. The number of nitrogens with zero attached hydrogens (tertiary/aromatic N) is 2. The predicted molar refractivity (Wildman–Crippen MR) is 112 cm³/mol. The van der Waals surface area contributed by atoms with Crippen molar-refractivity contribution in [3.8, 4) is 17.6 Å². The average Bonchev–Trinajstić information content (AvgIpc) is 2.77. The molecule has 152 valence electrons. The number of para-hydroxylation sites is 2. The van der Waals surface area contributed by atoms with Crippen LogP contribution in [0, 0.1) is 11.3 Å². The van der Waals surface area contributed by atoms with E-state index < -0.39 is 6.10 Å². The van der Waals surface area contributed by atoms with Crippen molar-refractivity contribution in [2.24, 2.45) is 0 Å². The number of hydrogen-bond acceptors (Lipinski definition) is 5. The van der Waals surface area contributed by atoms with Crippen LogP contribution in [0.5, 0.6) is 11.5 Å². The van der Waals surface area contributed by atoms with E-state index in [1.165, 1.54) is 0 Å². The Bertz CT molecular complexity index is 874. The second-order valence-electron chi connectivity index (χ2n) is 7.03. The molecule has 1 unspecified atom stereocenters. The van der Waals surface area contributed by atoms with Crippen molar-refractivity contribution in [3.63, 3.8) is 0 Å². The van der Waals surface area contributed by atoms with Gasteiger partial charge in [-0.05, 0) is 43.2 Å². The van der Waals surface area contributed by atoms with Gasteiger partial charge in [0, 0.05) is 6.04 Å². The number of anilines is 1. The molecule has 1 aliphatic rings. The van der Waals surface area contributed by atoms with Gasteiger partial charge in [-0.1, -0.05) is 32.0 Å². The van der Waals surface area contributed by atoms with Gasteiger partial charge in [0.25, 0.3) is 5.91 Å². The van der Waals surface area contributed by atoms with E-state index in [0.717, 1.165) is 18.5 Å². The first kappa shape index (κ1) is 20.5. The number of carbonyl (C=O) groups is 1. The monoisotopic (exact) mass is 393 g/mol. The molecule has 1 N–H and O–H groups in total. The third kappa shape index (κ3) is 5.20. The Morgan fingerprint density at radius 1 is 1.28 bits per heavy atom. The molecular weight excluding hydrogens is 366 g/mol. The van der Waals surface area contributed by atoms with Crippen LogP contribution in [0.1, 0.15) is 32.3 Å². The lowest BCUT2D eigenvalue weighted by Gasteiger charge is -2.36. The van der Waals surface area contributed by atoms with Crippen LogP contribution in [-0.2, 0) is 4.79 Å². The van der Waals surface area contributed by atoms with Gasteiger partial charge in [-0.3, -0.25) is 4.79 Å². The Morgan fingerprint density at radius 2 is 2.07 bits per heavy atom. The molecule has 6 heteroatoms. The van der Waals surface area contributed by atoms with Gasteiger partial charge in [0.05, 0.1) is 30.4 Å². The summed E-state index contributed by atoms with van der Waals surface area (Å²) in [6.07, 6.45) is 1.22. The third-order valence-corrected chi connectivity index (χ3v) is 5.08. The summed E-state index contributed by atoms with van der Waals surface area (Å²) in [7, 11) is 0. The fourth-order valence-corrected chi connectivity index (χ4v) is 3.37. The molecule has 3 rings (SSSR count). The zero-order valence-electron chi connectivity index (χ0n) is 16.9. The van der Waals surface area contributed by atoms with Gasteiger partial charge in [-0.15, -0.1) is 0 Å². The van der Waals surface area contributed by atoms with Crippen molar-refractivity contribution >= 4 is 11.6 Å². The number of nitriles is 1. The Balaban J connectivity index is 1.66. The molecule has 29 heavy (non-hydrogen) atoms. The number of carbonyl (C=O) groups excluding carboxylic acids is 1. The van der Waals surface area contributed by atoms with E-state index in [-0.39, 0.29) is 11.9 Å². The van der Waals surface area contributed by atoms with E-state index >= 15 is 0 Å². The number of fused-ring (bicyclic) bond motifs is 1. The summed E-state index contributed by atoms with van der Waals surface area (Å²) in [5, 5.41) is 12.1. The van der Waals surface area contributed by atoms with E-state index in [2.05, 4.69) is 30.1 Å². The van der Waals surface area contributed by atoms with Crippen molar-refractivity contribution in [1.82, 2.24) is 5.32 Å². The predicted octanol–water partition coefficient (Wildman–Crippen LogP) is 3.51. The van der Waals surface area contributed by atoms with Gasteiger partial charge in [0.2, 0.25) is 0 Å². The van der Waals surface area contributed by atoms with Crippen LogP contribution in [-0.4, -0.2) is 37.7 Å². The molecule has 1 atom stereocenters. The molecule has 0 bridgehead atoms. The molecule has 2 aromatic rings. The molecule has 1 heterocycles. The zero-order chi connectivity index (χ0) is 20.6. The highest BCUT2D eigenvalue weighted by molar-refractivity contribution is 5.83. The van der Waals surface area contributed by atoms with Crippen LogP contribution >= 0.6 is 0 Å². The van der Waals surface area contributed by atoms with E-state index in [1.807, 2.05) is 30.3 Å². The fraction of sp³-hybridized carbons (Fsp3) is 0.391. The maximum absolute atomic E-state index is 12.7. The highest BCUT2D eigenvalue weighted by Gasteiger charge is 2.31. The number of ether oxygens (including phenoxy) is 2. The van der Waals surface area contributed by atoms with Crippen molar-refractivity contribution in [2.45, 2.75) is 38.8 Å². The molecular formula is C23H27N3O3. The van der Waals surface area contributed by atoms with E-state index in [1.54, 1.807) is 18.2 Å². The highest BCUT2D eigenvalue weighted by Crippen LogP contribution is 2.33. The molecule has 6 nitrogen and oxygen atoms in total. The Labute approximate surface area is 172 Å². The van der Waals surface area contributed by atoms with Gasteiger partial charge in [-0.2, -0.15) is 5.26 Å². The van der Waals surface area contributed by atoms with Gasteiger partial charge in [0.1, 0.15) is 18.1 Å². The molecule has 0 fully saturated rings. The normalized spacial score (nSPS) is 15.2. The number of benzene rings is 2. The zero-order valence-corrected chi connectivity index (χ0v) is 16.9. The lowest BCUT2D eigenvalue weighted by atomic mass is 10.1. The van der Waals surface area contributed by atoms with Crippen LogP contribution in [0.2, 0.25) is 0 Å². The number of nitrogens with one attached hydrogen (secondary N) is 1. The summed E-state index contributed by atoms with van der Waals surface area (Å²) in [6.45, 7) is 5.63. The van der Waals surface area contributed by atoms with Gasteiger partial charge < -0.3 is 19.7 Å². The first-order valence-electron chi connectivity index (χ1n) is 10.1. The number of hydrogen-bond donors (Lipinski definition) is 1. The molecule has 0 radical (unpaired) electrons. The minimum atomic E-state index is -0.563. The summed E-state index contributed by atoms with van der Waals surface area (Å²) < 4.78 is 11.8. The largest absolute Gasteiger partial charge is 0.492 e. The second kappa shape index (κ2) is 9.83. The maximum atomic E-state index is 12.7. The van der Waals surface area contributed by atoms with E-state index in [0.29, 0.717) is 36.8 Å². The van der Waals surface area contributed by atoms with E-state index in [9.17, 15) is 4.79 Å². The Hall–Kier alpha value is -3.20. The fourth-order valence-electron chi connectivity index (χ4n) is 3.37. The quantitative estimate of drug-likeness (QED) is 0.743. The SMILES string of the molecule is CCC(CC)NC(=O)C1CN(CCOc2cccc(C#N)c2)c2ccccc2O1. The van der Waals surface area contributed by atoms with Crippen molar-refractivity contribution in [1.29, 1.82) is 5.26 Å². The lowest BCUT2D eigenvalue weighted by Crippen LogP contribution is -2.51. The van der Waals surface area contributed by atoms with Crippen molar-refractivity contribution < 1.29 is 14.3 Å². The summed E-state index contributed by atoms with van der Waals surface area (Å²) in [5.74, 6) is 1.28. The van der Waals surface area contributed by atoms with Crippen molar-refractivity contribution in [3.05, 3.63) is 54.1 Å². The van der Waals surface area contributed by atoms with Crippen LogP contribution in [0.4, 0.5) is 5.69 Å². The molecule has 0 saturated heterocycles. The number of amides is 1. The summed E-state index contributed by atoms with van der Waals surface area (Å²) in [4.78, 5) is 14.8. The van der Waals surface area contributed by atoms with Gasteiger partial charge in [-0.25, -0.2) is 0 Å². The maximum Gasteiger partial charge on any atom is 0.263 e. The highest BCUT2D eigenvalue weighted by atomic mass is 16.5. The first-order chi connectivity index (χ1) is 14.1. The summed E-state index contributed by atoms with van der Waals surface area (Å²) in [5.41, 5.74) is 1.52. The second-order valence-corrected chi connectivity index (χ2v) is 7.03. The smallest absolute Gasteiger partial charge is 0.263 e. The molecule has 1 amide bonds. The summed E-state index contributed by atoms with van der Waals surface area (Å²) >= 11 is 0. The van der Waals surface area contributed by atoms with Crippen LogP contribution < -0.4 is 19.7 Å². The van der Waals surface area contributed by atoms with Gasteiger partial charge >= 0.3 is 0 Å². The third-order valence-electron chi connectivity index (χ3n) is 5.08. The molecule has 0 spiro atoms. The molecule has 0 aliphatic carbocycles.